The third-order valence-corrected chi connectivity index (χ3v) is 3.76. The Kier molecular flexibility index (Phi) is 5.08. The van der Waals surface area contributed by atoms with Gasteiger partial charge in [-0.15, -0.1) is 0 Å². The van der Waals surface area contributed by atoms with Gasteiger partial charge in [-0.05, 0) is 30.5 Å². The van der Waals surface area contributed by atoms with Crippen molar-refractivity contribution < 1.29 is 19.9 Å². The van der Waals surface area contributed by atoms with E-state index in [-0.39, 0.29) is 12.1 Å². The molecule has 0 saturated carbocycles. The Morgan fingerprint density at radius 1 is 1.22 bits per heavy atom. The third-order valence-electron chi connectivity index (χ3n) is 3.76. The maximum atomic E-state index is 11.3. The number of aliphatic carboxylic acids is 1. The van der Waals surface area contributed by atoms with Crippen molar-refractivity contribution in [2.75, 3.05) is 0 Å². The zero-order chi connectivity index (χ0) is 17.0. The summed E-state index contributed by atoms with van der Waals surface area (Å²) < 4.78 is 0. The second-order valence-electron chi connectivity index (χ2n) is 5.37. The van der Waals surface area contributed by atoms with Gasteiger partial charge < -0.3 is 10.2 Å². The van der Waals surface area contributed by atoms with Crippen LogP contribution in [0.5, 0.6) is 0 Å². The highest BCUT2D eigenvalue weighted by Crippen LogP contribution is 2.31. The van der Waals surface area contributed by atoms with E-state index in [2.05, 4.69) is 0 Å². The molecule has 2 rings (SSSR count). The van der Waals surface area contributed by atoms with Gasteiger partial charge in [0.05, 0.1) is 22.5 Å². The summed E-state index contributed by atoms with van der Waals surface area (Å²) in [5.74, 6) is -2.05. The quantitative estimate of drug-likeness (QED) is 0.630. The van der Waals surface area contributed by atoms with Gasteiger partial charge in [-0.1, -0.05) is 36.4 Å². The number of rotatable bonds is 6. The van der Waals surface area contributed by atoms with Crippen LogP contribution in [-0.2, 0) is 11.2 Å². The van der Waals surface area contributed by atoms with Crippen LogP contribution in [0.25, 0.3) is 11.1 Å². The van der Waals surface area contributed by atoms with E-state index in [9.17, 15) is 20.0 Å². The predicted octanol–water partition coefficient (Wildman–Crippen LogP) is 2.89. The SMILES string of the molecule is CC(C(=O)O)C(O)Cc1ccc(-c2ccccc2)c([N+](=O)[O-])c1. The molecule has 2 N–H and O–H groups in total. The maximum absolute atomic E-state index is 11.3. The van der Waals surface area contributed by atoms with E-state index in [1.54, 1.807) is 36.4 Å². The van der Waals surface area contributed by atoms with Crippen molar-refractivity contribution in [2.24, 2.45) is 5.92 Å². The van der Waals surface area contributed by atoms with Gasteiger partial charge >= 0.3 is 5.97 Å². The average molecular weight is 315 g/mol. The summed E-state index contributed by atoms with van der Waals surface area (Å²) in [5, 5.41) is 30.1. The van der Waals surface area contributed by atoms with Crippen LogP contribution in [0.2, 0.25) is 0 Å². The summed E-state index contributed by atoms with van der Waals surface area (Å²) in [6.07, 6.45) is -1.06. The van der Waals surface area contributed by atoms with Gasteiger partial charge in [-0.3, -0.25) is 14.9 Å². The molecule has 2 unspecified atom stereocenters. The number of hydrogen-bond acceptors (Lipinski definition) is 4. The van der Waals surface area contributed by atoms with E-state index < -0.39 is 22.9 Å². The number of carboxylic acids is 1. The lowest BCUT2D eigenvalue weighted by atomic mass is 9.95. The lowest BCUT2D eigenvalue weighted by Crippen LogP contribution is -2.27. The molecule has 0 bridgehead atoms. The fourth-order valence-electron chi connectivity index (χ4n) is 2.30. The smallest absolute Gasteiger partial charge is 0.308 e. The molecule has 120 valence electrons. The fourth-order valence-corrected chi connectivity index (χ4v) is 2.30. The molecule has 6 nitrogen and oxygen atoms in total. The summed E-state index contributed by atoms with van der Waals surface area (Å²) in [7, 11) is 0. The highest BCUT2D eigenvalue weighted by molar-refractivity contribution is 5.74. The van der Waals surface area contributed by atoms with Crippen molar-refractivity contribution in [3.05, 3.63) is 64.2 Å². The molecule has 0 spiro atoms. The lowest BCUT2D eigenvalue weighted by molar-refractivity contribution is -0.384. The van der Waals surface area contributed by atoms with Gasteiger partial charge in [0, 0.05) is 6.07 Å². The van der Waals surface area contributed by atoms with Crippen LogP contribution in [0.1, 0.15) is 12.5 Å². The van der Waals surface area contributed by atoms with E-state index in [1.807, 2.05) is 6.07 Å². The first-order valence-electron chi connectivity index (χ1n) is 7.13. The first-order chi connectivity index (χ1) is 10.9. The topological polar surface area (TPSA) is 101 Å². The number of nitro benzene ring substituents is 1. The van der Waals surface area contributed by atoms with Gasteiger partial charge in [0.15, 0.2) is 0 Å². The van der Waals surface area contributed by atoms with Gasteiger partial charge in [0.1, 0.15) is 0 Å². The molecule has 0 aliphatic carbocycles. The molecule has 23 heavy (non-hydrogen) atoms. The van der Waals surface area contributed by atoms with Crippen molar-refractivity contribution >= 4 is 11.7 Å². The number of nitrogens with zero attached hydrogens (tertiary/aromatic N) is 1. The number of nitro groups is 1. The number of aliphatic hydroxyl groups excluding tert-OH is 1. The maximum Gasteiger partial charge on any atom is 0.308 e. The largest absolute Gasteiger partial charge is 0.481 e. The average Bonchev–Trinajstić information content (AvgIpc) is 2.54. The van der Waals surface area contributed by atoms with E-state index in [1.165, 1.54) is 13.0 Å². The Bertz CT molecular complexity index is 714. The third kappa shape index (κ3) is 3.92. The Hall–Kier alpha value is -2.73. The van der Waals surface area contributed by atoms with E-state index in [4.69, 9.17) is 5.11 Å². The molecule has 0 aromatic heterocycles. The van der Waals surface area contributed by atoms with Crippen LogP contribution < -0.4 is 0 Å². The summed E-state index contributed by atoms with van der Waals surface area (Å²) >= 11 is 0. The zero-order valence-electron chi connectivity index (χ0n) is 12.5. The molecule has 0 aliphatic rings. The fraction of sp³-hybridized carbons (Fsp3) is 0.235. The summed E-state index contributed by atoms with van der Waals surface area (Å²) in [4.78, 5) is 21.7. The Balaban J connectivity index is 2.33. The second kappa shape index (κ2) is 7.02. The summed E-state index contributed by atoms with van der Waals surface area (Å²) in [5.41, 5.74) is 1.67. The van der Waals surface area contributed by atoms with Gasteiger partial charge in [-0.2, -0.15) is 0 Å². The van der Waals surface area contributed by atoms with Crippen molar-refractivity contribution in [1.82, 2.24) is 0 Å². The molecule has 0 aliphatic heterocycles. The molecule has 0 saturated heterocycles. The van der Waals surface area contributed by atoms with Crippen LogP contribution >= 0.6 is 0 Å². The van der Waals surface area contributed by atoms with Crippen LogP contribution in [-0.4, -0.2) is 27.2 Å². The van der Waals surface area contributed by atoms with Gasteiger partial charge in [-0.25, -0.2) is 0 Å². The molecule has 2 atom stereocenters. The Morgan fingerprint density at radius 2 is 1.87 bits per heavy atom. The number of aliphatic hydroxyl groups is 1. The van der Waals surface area contributed by atoms with E-state index in [0.29, 0.717) is 11.1 Å². The standard InChI is InChI=1S/C17H17NO5/c1-11(17(20)21)16(19)10-12-7-8-14(15(9-12)18(22)23)13-5-3-2-4-6-13/h2-9,11,16,19H,10H2,1H3,(H,20,21). The van der Waals surface area contributed by atoms with E-state index in [0.717, 1.165) is 5.56 Å². The predicted molar refractivity (Wildman–Crippen MR) is 85.0 cm³/mol. The number of carbonyl (C=O) groups is 1. The first-order valence-corrected chi connectivity index (χ1v) is 7.13. The minimum absolute atomic E-state index is 0.0450. The molecule has 0 heterocycles. The minimum atomic E-state index is -1.10. The van der Waals surface area contributed by atoms with Crippen LogP contribution in [0.15, 0.2) is 48.5 Å². The minimum Gasteiger partial charge on any atom is -0.481 e. The molecule has 6 heteroatoms. The zero-order valence-corrected chi connectivity index (χ0v) is 12.5. The Labute approximate surface area is 133 Å². The summed E-state index contributed by atoms with van der Waals surface area (Å²) in [6, 6.07) is 13.7. The molecular formula is C17H17NO5. The van der Waals surface area contributed by atoms with E-state index >= 15 is 0 Å². The van der Waals surface area contributed by atoms with Crippen molar-refractivity contribution in [1.29, 1.82) is 0 Å². The monoisotopic (exact) mass is 315 g/mol. The van der Waals surface area contributed by atoms with Gasteiger partial charge in [0.2, 0.25) is 0 Å². The number of benzene rings is 2. The van der Waals surface area contributed by atoms with Gasteiger partial charge in [0.25, 0.3) is 5.69 Å². The lowest BCUT2D eigenvalue weighted by Gasteiger charge is -2.15. The second-order valence-corrected chi connectivity index (χ2v) is 5.37. The Morgan fingerprint density at radius 3 is 2.43 bits per heavy atom. The molecule has 2 aromatic carbocycles. The summed E-state index contributed by atoms with van der Waals surface area (Å²) in [6.45, 7) is 1.40. The normalized spacial score (nSPS) is 13.3. The highest BCUT2D eigenvalue weighted by atomic mass is 16.6. The number of hydrogen-bond donors (Lipinski definition) is 2. The van der Waals surface area contributed by atoms with Crippen LogP contribution in [0, 0.1) is 16.0 Å². The number of carboxylic acid groups (broad SMARTS) is 1. The van der Waals surface area contributed by atoms with Crippen LogP contribution in [0.4, 0.5) is 5.69 Å². The van der Waals surface area contributed by atoms with Crippen molar-refractivity contribution in [3.63, 3.8) is 0 Å². The van der Waals surface area contributed by atoms with Crippen molar-refractivity contribution in [2.45, 2.75) is 19.4 Å². The molecule has 0 radical (unpaired) electrons. The molecule has 0 fully saturated rings. The molecular weight excluding hydrogens is 298 g/mol. The van der Waals surface area contributed by atoms with Crippen LogP contribution in [0.3, 0.4) is 0 Å². The molecule has 2 aromatic rings. The first kappa shape index (κ1) is 16.6. The van der Waals surface area contributed by atoms with Crippen molar-refractivity contribution in [3.8, 4) is 11.1 Å². The highest BCUT2D eigenvalue weighted by Gasteiger charge is 2.23. The molecule has 0 amide bonds.